The highest BCUT2D eigenvalue weighted by Gasteiger charge is 2.29. The van der Waals surface area contributed by atoms with Crippen LogP contribution in [0, 0.1) is 11.3 Å². The van der Waals surface area contributed by atoms with Gasteiger partial charge in [-0.2, -0.15) is 0 Å². The maximum Gasteiger partial charge on any atom is 0.130 e. The highest BCUT2D eigenvalue weighted by Crippen LogP contribution is 2.41. The van der Waals surface area contributed by atoms with Crippen molar-refractivity contribution in [3.63, 3.8) is 0 Å². The lowest BCUT2D eigenvalue weighted by Gasteiger charge is -2.35. The van der Waals surface area contributed by atoms with Gasteiger partial charge in [-0.05, 0) is 31.6 Å². The summed E-state index contributed by atoms with van der Waals surface area (Å²) in [6, 6.07) is 0. The third kappa shape index (κ3) is 2.80. The number of allylic oxidation sites excluding steroid dienone is 4. The van der Waals surface area contributed by atoms with Crippen molar-refractivity contribution in [3.8, 4) is 0 Å². The fraction of sp³-hybridized carbons (Fsp3) is 0.643. The number of Topliss-reactive ketones (excluding diaryl/α,β-unsaturated/α-hetero) is 1. The lowest BCUT2D eigenvalue weighted by atomic mass is 9.70. The number of rotatable bonds is 3. The first-order valence-electron chi connectivity index (χ1n) is 5.72. The molecule has 1 nitrogen and oxygen atoms in total. The van der Waals surface area contributed by atoms with E-state index in [1.807, 2.05) is 0 Å². The van der Waals surface area contributed by atoms with Gasteiger partial charge in [-0.25, -0.2) is 0 Å². The van der Waals surface area contributed by atoms with Crippen molar-refractivity contribution in [2.45, 2.75) is 47.5 Å². The predicted octanol–water partition coefficient (Wildman–Crippen LogP) is 3.90. The Labute approximate surface area is 93.3 Å². The zero-order chi connectivity index (χ0) is 11.6. The van der Waals surface area contributed by atoms with E-state index in [1.54, 1.807) is 6.92 Å². The highest BCUT2D eigenvalue weighted by atomic mass is 16.1. The summed E-state index contributed by atoms with van der Waals surface area (Å²) in [6.45, 7) is 10.5. The Morgan fingerprint density at radius 3 is 2.60 bits per heavy atom. The fourth-order valence-corrected chi connectivity index (χ4v) is 2.85. The molecule has 15 heavy (non-hydrogen) atoms. The van der Waals surface area contributed by atoms with E-state index in [0.717, 1.165) is 6.42 Å². The van der Waals surface area contributed by atoms with E-state index >= 15 is 0 Å². The Kier molecular flexibility index (Phi) is 3.54. The van der Waals surface area contributed by atoms with Gasteiger partial charge in [0.1, 0.15) is 5.78 Å². The van der Waals surface area contributed by atoms with E-state index in [9.17, 15) is 4.79 Å². The first-order valence-corrected chi connectivity index (χ1v) is 5.72. The van der Waals surface area contributed by atoms with E-state index in [4.69, 9.17) is 0 Å². The number of ketones is 1. The topological polar surface area (TPSA) is 17.1 Å². The Morgan fingerprint density at radius 2 is 2.13 bits per heavy atom. The molecule has 0 aliphatic heterocycles. The van der Waals surface area contributed by atoms with Crippen LogP contribution in [0.2, 0.25) is 0 Å². The molecule has 0 aromatic heterocycles. The van der Waals surface area contributed by atoms with Crippen molar-refractivity contribution >= 4 is 5.78 Å². The summed E-state index contributed by atoms with van der Waals surface area (Å²) in [6.07, 6.45) is 6.18. The van der Waals surface area contributed by atoms with Gasteiger partial charge in [0.2, 0.25) is 0 Å². The van der Waals surface area contributed by atoms with Gasteiger partial charge in [0, 0.05) is 6.42 Å². The summed E-state index contributed by atoms with van der Waals surface area (Å²) in [7, 11) is 0. The zero-order valence-electron chi connectivity index (χ0n) is 10.6. The molecule has 1 heteroatoms. The zero-order valence-corrected chi connectivity index (χ0v) is 10.6. The average Bonchev–Trinajstić information content (AvgIpc) is 1.99. The number of hydrogen-bond donors (Lipinski definition) is 0. The molecule has 0 fully saturated rings. The van der Waals surface area contributed by atoms with Crippen molar-refractivity contribution in [2.24, 2.45) is 11.3 Å². The van der Waals surface area contributed by atoms with Crippen LogP contribution in [0.5, 0.6) is 0 Å². The SMILES string of the molecule is CC(=O)CC(C)C1=C(C)C=CCC1(C)C. The Hall–Kier alpha value is -0.850. The summed E-state index contributed by atoms with van der Waals surface area (Å²) < 4.78 is 0. The quantitative estimate of drug-likeness (QED) is 0.684. The van der Waals surface area contributed by atoms with Crippen LogP contribution < -0.4 is 0 Å². The molecule has 0 aromatic carbocycles. The largest absolute Gasteiger partial charge is 0.300 e. The minimum atomic E-state index is 0.216. The number of hydrogen-bond acceptors (Lipinski definition) is 1. The molecule has 1 aliphatic rings. The minimum Gasteiger partial charge on any atom is -0.300 e. The van der Waals surface area contributed by atoms with Crippen molar-refractivity contribution in [3.05, 3.63) is 23.3 Å². The van der Waals surface area contributed by atoms with Gasteiger partial charge in [-0.3, -0.25) is 0 Å². The maximum absolute atomic E-state index is 11.2. The molecule has 0 aromatic rings. The first kappa shape index (κ1) is 12.2. The Balaban J connectivity index is 2.98. The van der Waals surface area contributed by atoms with Crippen molar-refractivity contribution in [2.75, 3.05) is 0 Å². The normalized spacial score (nSPS) is 21.7. The summed E-state index contributed by atoms with van der Waals surface area (Å²) in [5.74, 6) is 0.663. The van der Waals surface area contributed by atoms with Gasteiger partial charge < -0.3 is 4.79 Å². The predicted molar refractivity (Wildman–Crippen MR) is 64.7 cm³/mol. The Morgan fingerprint density at radius 1 is 1.53 bits per heavy atom. The van der Waals surface area contributed by atoms with Crippen LogP contribution in [-0.4, -0.2) is 5.78 Å². The molecule has 1 unspecified atom stereocenters. The number of carbonyl (C=O) groups is 1. The van der Waals surface area contributed by atoms with Gasteiger partial charge >= 0.3 is 0 Å². The van der Waals surface area contributed by atoms with E-state index < -0.39 is 0 Å². The van der Waals surface area contributed by atoms with Crippen LogP contribution in [0.3, 0.4) is 0 Å². The van der Waals surface area contributed by atoms with Crippen molar-refractivity contribution in [1.29, 1.82) is 0 Å². The van der Waals surface area contributed by atoms with Crippen molar-refractivity contribution < 1.29 is 4.79 Å². The third-order valence-electron chi connectivity index (χ3n) is 3.24. The average molecular weight is 206 g/mol. The molecule has 0 heterocycles. The van der Waals surface area contributed by atoms with E-state index in [2.05, 4.69) is 39.8 Å². The molecule has 0 N–H and O–H groups in total. The molecule has 0 bridgehead atoms. The van der Waals surface area contributed by atoms with Gasteiger partial charge in [0.15, 0.2) is 0 Å². The summed E-state index contributed by atoms with van der Waals surface area (Å²) >= 11 is 0. The molecule has 0 radical (unpaired) electrons. The maximum atomic E-state index is 11.2. The van der Waals surface area contributed by atoms with Crippen LogP contribution in [0.25, 0.3) is 0 Å². The fourth-order valence-electron chi connectivity index (χ4n) is 2.85. The van der Waals surface area contributed by atoms with E-state index in [-0.39, 0.29) is 11.2 Å². The lowest BCUT2D eigenvalue weighted by Crippen LogP contribution is -2.23. The molecule has 1 rings (SSSR count). The molecular weight excluding hydrogens is 184 g/mol. The summed E-state index contributed by atoms with van der Waals surface area (Å²) in [5.41, 5.74) is 3.02. The molecular formula is C14H22O. The van der Waals surface area contributed by atoms with Gasteiger partial charge in [0.05, 0.1) is 0 Å². The summed E-state index contributed by atoms with van der Waals surface area (Å²) in [4.78, 5) is 11.2. The Bertz CT molecular complexity index is 318. The van der Waals surface area contributed by atoms with Gasteiger partial charge in [0.25, 0.3) is 0 Å². The van der Waals surface area contributed by atoms with Crippen molar-refractivity contribution in [1.82, 2.24) is 0 Å². The summed E-state index contributed by atoms with van der Waals surface area (Å²) in [5, 5.41) is 0. The molecule has 0 saturated carbocycles. The molecule has 1 atom stereocenters. The van der Waals surface area contributed by atoms with Crippen LogP contribution in [0.15, 0.2) is 23.3 Å². The minimum absolute atomic E-state index is 0.216. The molecule has 0 saturated heterocycles. The third-order valence-corrected chi connectivity index (χ3v) is 3.24. The van der Waals surface area contributed by atoms with E-state index in [0.29, 0.717) is 12.3 Å². The molecule has 0 spiro atoms. The molecule has 1 aliphatic carbocycles. The van der Waals surface area contributed by atoms with Gasteiger partial charge in [-0.15, -0.1) is 0 Å². The second-order valence-electron chi connectivity index (χ2n) is 5.39. The first-order chi connectivity index (χ1) is 6.84. The second-order valence-corrected chi connectivity index (χ2v) is 5.39. The smallest absolute Gasteiger partial charge is 0.130 e. The highest BCUT2D eigenvalue weighted by molar-refractivity contribution is 5.76. The molecule has 84 valence electrons. The van der Waals surface area contributed by atoms with E-state index in [1.165, 1.54) is 11.1 Å². The second kappa shape index (κ2) is 4.34. The lowest BCUT2D eigenvalue weighted by molar-refractivity contribution is -0.117. The van der Waals surface area contributed by atoms with Crippen LogP contribution in [-0.2, 0) is 4.79 Å². The standard InChI is InChI=1S/C14H22O/c1-10-7-6-8-14(4,5)13(10)11(2)9-12(3)15/h6-7,11H,8-9H2,1-5H3. The molecule has 0 amide bonds. The monoisotopic (exact) mass is 206 g/mol. The number of carbonyl (C=O) groups excluding carboxylic acids is 1. The van der Waals surface area contributed by atoms with Crippen LogP contribution in [0.4, 0.5) is 0 Å². The van der Waals surface area contributed by atoms with Crippen LogP contribution >= 0.6 is 0 Å². The van der Waals surface area contributed by atoms with Crippen LogP contribution in [0.1, 0.15) is 47.5 Å². The van der Waals surface area contributed by atoms with Gasteiger partial charge in [-0.1, -0.05) is 44.1 Å².